The zero-order valence-electron chi connectivity index (χ0n) is 11.6. The van der Waals surface area contributed by atoms with Crippen molar-refractivity contribution in [2.75, 3.05) is 13.1 Å². The number of carboxylic acids is 1. The van der Waals surface area contributed by atoms with Crippen molar-refractivity contribution in [3.05, 3.63) is 39.7 Å². The molecule has 126 valence electrons. The lowest BCUT2D eigenvalue weighted by atomic mass is 9.96. The number of aliphatic carboxylic acids is 1. The van der Waals surface area contributed by atoms with E-state index >= 15 is 0 Å². The van der Waals surface area contributed by atoms with E-state index in [1.54, 1.807) is 0 Å². The van der Waals surface area contributed by atoms with Crippen LogP contribution in [0.25, 0.3) is 0 Å². The van der Waals surface area contributed by atoms with Crippen LogP contribution in [0.4, 0.5) is 23.2 Å². The molecule has 0 amide bonds. The van der Waals surface area contributed by atoms with Crippen molar-refractivity contribution in [3.8, 4) is 0 Å². The van der Waals surface area contributed by atoms with E-state index in [2.05, 4.69) is 0 Å². The van der Waals surface area contributed by atoms with E-state index in [0.717, 1.165) is 23.1 Å². The van der Waals surface area contributed by atoms with Crippen LogP contribution in [0.15, 0.2) is 18.2 Å². The van der Waals surface area contributed by atoms with Gasteiger partial charge in [0.2, 0.25) is 0 Å². The number of rotatable bonds is 4. The van der Waals surface area contributed by atoms with E-state index in [4.69, 9.17) is 5.11 Å². The molecule has 0 unspecified atom stereocenters. The molecule has 0 radical (unpaired) electrons. The van der Waals surface area contributed by atoms with E-state index in [0.29, 0.717) is 0 Å². The Hall–Kier alpha value is -2.23. The lowest BCUT2D eigenvalue weighted by molar-refractivity contribution is -0.385. The fraction of sp³-hybridized carbons (Fsp3) is 0.462. The molecule has 2 rings (SSSR count). The van der Waals surface area contributed by atoms with Gasteiger partial charge in [-0.05, 0) is 12.1 Å². The van der Waals surface area contributed by atoms with E-state index in [1.807, 2.05) is 0 Å². The second-order valence-corrected chi connectivity index (χ2v) is 5.32. The monoisotopic (exact) mass is 336 g/mol. The molecule has 0 saturated carbocycles. The number of nitro groups is 1. The minimum absolute atomic E-state index is 0.0954. The summed E-state index contributed by atoms with van der Waals surface area (Å²) in [7, 11) is 0. The number of hydrogen-bond donors (Lipinski definition) is 1. The van der Waals surface area contributed by atoms with Crippen LogP contribution in [0.3, 0.4) is 0 Å². The number of carboxylic acid groups (broad SMARTS) is 1. The van der Waals surface area contributed by atoms with Gasteiger partial charge in [-0.2, -0.15) is 13.2 Å². The van der Waals surface area contributed by atoms with Crippen LogP contribution in [-0.2, 0) is 11.3 Å². The van der Waals surface area contributed by atoms with Crippen molar-refractivity contribution in [1.29, 1.82) is 0 Å². The molecule has 1 aliphatic rings. The fourth-order valence-electron chi connectivity index (χ4n) is 2.70. The van der Waals surface area contributed by atoms with Crippen LogP contribution in [0.2, 0.25) is 0 Å². The number of nitrogens with zero attached hydrogens (tertiary/aromatic N) is 2. The number of halogens is 4. The van der Waals surface area contributed by atoms with Crippen LogP contribution >= 0.6 is 0 Å². The third-order valence-electron chi connectivity index (χ3n) is 3.77. The quantitative estimate of drug-likeness (QED) is 0.519. The first-order valence-corrected chi connectivity index (χ1v) is 6.54. The second kappa shape index (κ2) is 6.11. The summed E-state index contributed by atoms with van der Waals surface area (Å²) in [4.78, 5) is 22.3. The van der Waals surface area contributed by atoms with Crippen LogP contribution in [-0.4, -0.2) is 40.2 Å². The molecule has 1 saturated heterocycles. The molecule has 0 aromatic heterocycles. The number of nitro benzene ring substituents is 1. The van der Waals surface area contributed by atoms with Crippen molar-refractivity contribution in [3.63, 3.8) is 0 Å². The maximum Gasteiger partial charge on any atom is 0.393 e. The Kier molecular flexibility index (Phi) is 4.55. The van der Waals surface area contributed by atoms with Gasteiger partial charge in [-0.3, -0.25) is 19.8 Å². The minimum Gasteiger partial charge on any atom is -0.481 e. The fourth-order valence-corrected chi connectivity index (χ4v) is 2.70. The molecule has 0 bridgehead atoms. The molecule has 6 nitrogen and oxygen atoms in total. The molecular weight excluding hydrogens is 324 g/mol. The highest BCUT2D eigenvalue weighted by molar-refractivity contribution is 5.71. The smallest absolute Gasteiger partial charge is 0.393 e. The van der Waals surface area contributed by atoms with Gasteiger partial charge >= 0.3 is 12.1 Å². The van der Waals surface area contributed by atoms with Gasteiger partial charge in [0.25, 0.3) is 5.69 Å². The molecule has 1 aromatic carbocycles. The third-order valence-corrected chi connectivity index (χ3v) is 3.77. The van der Waals surface area contributed by atoms with Gasteiger partial charge in [-0.1, -0.05) is 0 Å². The van der Waals surface area contributed by atoms with E-state index in [-0.39, 0.29) is 12.1 Å². The highest BCUT2D eigenvalue weighted by Gasteiger charge is 2.52. The lowest BCUT2D eigenvalue weighted by Crippen LogP contribution is -2.33. The largest absolute Gasteiger partial charge is 0.481 e. The second-order valence-electron chi connectivity index (χ2n) is 5.32. The Bertz CT molecular complexity index is 635. The van der Waals surface area contributed by atoms with E-state index in [9.17, 15) is 32.5 Å². The summed E-state index contributed by atoms with van der Waals surface area (Å²) < 4.78 is 51.9. The van der Waals surface area contributed by atoms with E-state index in [1.165, 1.54) is 0 Å². The van der Waals surface area contributed by atoms with Crippen LogP contribution in [0, 0.1) is 27.8 Å². The Morgan fingerprint density at radius 3 is 2.52 bits per heavy atom. The number of alkyl halides is 3. The average Bonchev–Trinajstić information content (AvgIpc) is 2.82. The Morgan fingerprint density at radius 1 is 1.39 bits per heavy atom. The number of benzene rings is 1. The molecule has 1 heterocycles. The standard InChI is InChI=1S/C13H12F4N2O4/c14-8-1-2-11(19(22)23)7(3-8)4-18-5-9(12(20)21)10(6-18)13(15,16)17/h1-3,9-10H,4-6H2,(H,20,21)/t9-,10-/m1/s1. The summed E-state index contributed by atoms with van der Waals surface area (Å²) in [5, 5.41) is 19.8. The highest BCUT2D eigenvalue weighted by atomic mass is 19.4. The normalized spacial score (nSPS) is 22.3. The maximum atomic E-state index is 13.2. The Morgan fingerprint density at radius 2 is 2.04 bits per heavy atom. The summed E-state index contributed by atoms with van der Waals surface area (Å²) in [5.41, 5.74) is -0.518. The van der Waals surface area contributed by atoms with Gasteiger partial charge in [-0.15, -0.1) is 0 Å². The number of hydrogen-bond acceptors (Lipinski definition) is 4. The summed E-state index contributed by atoms with van der Waals surface area (Å²) >= 11 is 0. The Balaban J connectivity index is 2.24. The molecule has 0 aliphatic carbocycles. The van der Waals surface area contributed by atoms with Gasteiger partial charge in [0.15, 0.2) is 0 Å². The zero-order valence-corrected chi connectivity index (χ0v) is 11.6. The topological polar surface area (TPSA) is 83.7 Å². The van der Waals surface area contributed by atoms with Gasteiger partial charge in [0, 0.05) is 31.3 Å². The first-order chi connectivity index (χ1) is 10.6. The predicted molar refractivity (Wildman–Crippen MR) is 69.0 cm³/mol. The van der Waals surface area contributed by atoms with Gasteiger partial charge in [-0.25, -0.2) is 4.39 Å². The predicted octanol–water partition coefficient (Wildman–Crippen LogP) is 2.43. The van der Waals surface area contributed by atoms with Crippen molar-refractivity contribution in [2.24, 2.45) is 11.8 Å². The highest BCUT2D eigenvalue weighted by Crippen LogP contribution is 2.38. The van der Waals surface area contributed by atoms with Crippen LogP contribution in [0.1, 0.15) is 5.56 Å². The van der Waals surface area contributed by atoms with Crippen LogP contribution < -0.4 is 0 Å². The molecule has 1 N–H and O–H groups in total. The molecule has 2 atom stereocenters. The summed E-state index contributed by atoms with van der Waals surface area (Å²) in [6.07, 6.45) is -4.69. The molecule has 1 fully saturated rings. The summed E-state index contributed by atoms with van der Waals surface area (Å²) in [6.45, 7) is -1.34. The zero-order chi connectivity index (χ0) is 17.4. The minimum atomic E-state index is -4.69. The lowest BCUT2D eigenvalue weighted by Gasteiger charge is -2.18. The summed E-state index contributed by atoms with van der Waals surface area (Å²) in [6, 6.07) is 2.68. The summed E-state index contributed by atoms with van der Waals surface area (Å²) in [5.74, 6) is -6.05. The average molecular weight is 336 g/mol. The molecule has 0 spiro atoms. The van der Waals surface area contributed by atoms with Crippen molar-refractivity contribution in [2.45, 2.75) is 12.7 Å². The molecule has 1 aromatic rings. The number of carbonyl (C=O) groups is 1. The van der Waals surface area contributed by atoms with Crippen LogP contribution in [0.5, 0.6) is 0 Å². The van der Waals surface area contributed by atoms with E-state index < -0.39 is 53.5 Å². The van der Waals surface area contributed by atoms with Gasteiger partial charge in [0.05, 0.1) is 16.8 Å². The number of likely N-dealkylation sites (tertiary alicyclic amines) is 1. The Labute approximate surface area is 127 Å². The third kappa shape index (κ3) is 3.76. The molecule has 23 heavy (non-hydrogen) atoms. The van der Waals surface area contributed by atoms with Crippen molar-refractivity contribution >= 4 is 11.7 Å². The SMILES string of the molecule is O=C(O)[C@@H]1CN(Cc2cc(F)ccc2[N+](=O)[O-])C[C@H]1C(F)(F)F. The van der Waals surface area contributed by atoms with Crippen molar-refractivity contribution in [1.82, 2.24) is 4.90 Å². The van der Waals surface area contributed by atoms with Gasteiger partial charge < -0.3 is 5.11 Å². The first kappa shape index (κ1) is 17.1. The first-order valence-electron chi connectivity index (χ1n) is 6.54. The van der Waals surface area contributed by atoms with Crippen molar-refractivity contribution < 1.29 is 32.4 Å². The molecule has 10 heteroatoms. The maximum absolute atomic E-state index is 13.2. The van der Waals surface area contributed by atoms with Gasteiger partial charge in [0.1, 0.15) is 5.82 Å². The molecule has 1 aliphatic heterocycles. The molecular formula is C13H12F4N2O4.